The second kappa shape index (κ2) is 10.3. The lowest BCUT2D eigenvalue weighted by Gasteiger charge is -1.92. The normalized spacial score (nSPS) is 9.39. The van der Waals surface area contributed by atoms with E-state index >= 15 is 0 Å². The summed E-state index contributed by atoms with van der Waals surface area (Å²) in [5, 5.41) is 16.3. The maximum Gasteiger partial charge on any atom is 0.303 e. The van der Waals surface area contributed by atoms with Gasteiger partial charge in [-0.1, -0.05) is 0 Å². The third-order valence-corrected chi connectivity index (χ3v) is 1.99. The lowest BCUT2D eigenvalue weighted by molar-refractivity contribution is -0.139. The van der Waals surface area contributed by atoms with Crippen molar-refractivity contribution in [3.05, 3.63) is 18.2 Å². The molecule has 102 valence electrons. The second-order valence-electron chi connectivity index (χ2n) is 3.59. The fourth-order valence-corrected chi connectivity index (χ4v) is 1.13. The SMILES string of the molecule is NCCc1c[nH]cn1.O=C(O)CCCCC(=O)O. The van der Waals surface area contributed by atoms with Crippen LogP contribution in [0, 0.1) is 0 Å². The van der Waals surface area contributed by atoms with Crippen molar-refractivity contribution in [2.75, 3.05) is 6.54 Å². The highest BCUT2D eigenvalue weighted by atomic mass is 16.4. The van der Waals surface area contributed by atoms with Gasteiger partial charge in [0.25, 0.3) is 0 Å². The van der Waals surface area contributed by atoms with Crippen LogP contribution < -0.4 is 5.73 Å². The van der Waals surface area contributed by atoms with Gasteiger partial charge >= 0.3 is 11.9 Å². The zero-order valence-electron chi connectivity index (χ0n) is 10.1. The van der Waals surface area contributed by atoms with E-state index in [0.29, 0.717) is 19.4 Å². The van der Waals surface area contributed by atoms with E-state index in [1.165, 1.54) is 0 Å². The number of carbonyl (C=O) groups is 2. The minimum atomic E-state index is -0.870. The van der Waals surface area contributed by atoms with Crippen LogP contribution in [0.1, 0.15) is 31.4 Å². The monoisotopic (exact) mass is 257 g/mol. The van der Waals surface area contributed by atoms with E-state index in [0.717, 1.165) is 12.1 Å². The smallest absolute Gasteiger partial charge is 0.303 e. The predicted molar refractivity (Wildman–Crippen MR) is 65.1 cm³/mol. The van der Waals surface area contributed by atoms with Gasteiger partial charge in [-0.05, 0) is 19.4 Å². The van der Waals surface area contributed by atoms with Crippen molar-refractivity contribution in [3.8, 4) is 0 Å². The quantitative estimate of drug-likeness (QED) is 0.530. The summed E-state index contributed by atoms with van der Waals surface area (Å²) in [4.78, 5) is 26.6. The molecule has 0 bridgehead atoms. The molecule has 0 fully saturated rings. The number of nitrogens with two attached hydrogens (primary N) is 1. The van der Waals surface area contributed by atoms with Crippen LogP contribution in [0.15, 0.2) is 12.5 Å². The first-order chi connectivity index (χ1) is 8.56. The maximum atomic E-state index is 9.90. The first-order valence-corrected chi connectivity index (χ1v) is 5.67. The van der Waals surface area contributed by atoms with E-state index in [2.05, 4.69) is 9.97 Å². The Morgan fingerprint density at radius 3 is 2.11 bits per heavy atom. The number of carboxylic acids is 2. The lowest BCUT2D eigenvalue weighted by atomic mass is 10.2. The van der Waals surface area contributed by atoms with E-state index in [1.807, 2.05) is 6.20 Å². The lowest BCUT2D eigenvalue weighted by Crippen LogP contribution is -2.02. The van der Waals surface area contributed by atoms with Gasteiger partial charge in [0.15, 0.2) is 0 Å². The Kier molecular flexibility index (Phi) is 9.20. The summed E-state index contributed by atoms with van der Waals surface area (Å²) in [5.41, 5.74) is 6.30. The van der Waals surface area contributed by atoms with Crippen molar-refractivity contribution in [2.24, 2.45) is 5.73 Å². The Bertz CT molecular complexity index is 322. The van der Waals surface area contributed by atoms with E-state index in [9.17, 15) is 9.59 Å². The Labute approximate surface area is 105 Å². The van der Waals surface area contributed by atoms with Gasteiger partial charge in [0.05, 0.1) is 12.0 Å². The highest BCUT2D eigenvalue weighted by Crippen LogP contribution is 1.98. The summed E-state index contributed by atoms with van der Waals surface area (Å²) < 4.78 is 0. The van der Waals surface area contributed by atoms with Crippen LogP contribution in [-0.2, 0) is 16.0 Å². The first-order valence-electron chi connectivity index (χ1n) is 5.67. The van der Waals surface area contributed by atoms with Gasteiger partial charge in [-0.3, -0.25) is 9.59 Å². The Hall–Kier alpha value is -1.89. The molecule has 0 unspecified atom stereocenters. The fourth-order valence-electron chi connectivity index (χ4n) is 1.13. The molecule has 7 heteroatoms. The molecule has 7 nitrogen and oxygen atoms in total. The molecule has 0 saturated heterocycles. The first kappa shape index (κ1) is 16.1. The van der Waals surface area contributed by atoms with Crippen molar-refractivity contribution in [2.45, 2.75) is 32.1 Å². The number of carboxylic acid groups (broad SMARTS) is 2. The summed E-state index contributed by atoms with van der Waals surface area (Å²) in [6, 6.07) is 0. The third-order valence-electron chi connectivity index (χ3n) is 1.99. The van der Waals surface area contributed by atoms with Crippen LogP contribution in [-0.4, -0.2) is 38.7 Å². The van der Waals surface area contributed by atoms with Gasteiger partial charge in [-0.25, -0.2) is 4.98 Å². The van der Waals surface area contributed by atoms with Crippen LogP contribution >= 0.6 is 0 Å². The van der Waals surface area contributed by atoms with Crippen LogP contribution in [0.5, 0.6) is 0 Å². The molecule has 1 aromatic rings. The Balaban J connectivity index is 0.000000327. The van der Waals surface area contributed by atoms with Crippen LogP contribution in [0.4, 0.5) is 0 Å². The average molecular weight is 257 g/mol. The van der Waals surface area contributed by atoms with Crippen molar-refractivity contribution in [1.82, 2.24) is 9.97 Å². The van der Waals surface area contributed by atoms with Crippen LogP contribution in [0.3, 0.4) is 0 Å². The van der Waals surface area contributed by atoms with E-state index in [-0.39, 0.29) is 12.8 Å². The van der Waals surface area contributed by atoms with Crippen LogP contribution in [0.25, 0.3) is 0 Å². The van der Waals surface area contributed by atoms with Crippen molar-refractivity contribution in [3.63, 3.8) is 0 Å². The number of hydrogen-bond donors (Lipinski definition) is 4. The number of nitrogens with one attached hydrogen (secondary N) is 1. The van der Waals surface area contributed by atoms with Crippen LogP contribution in [0.2, 0.25) is 0 Å². The fraction of sp³-hybridized carbons (Fsp3) is 0.545. The number of aromatic nitrogens is 2. The molecule has 0 aliphatic heterocycles. The summed E-state index contributed by atoms with van der Waals surface area (Å²) in [7, 11) is 0. The largest absolute Gasteiger partial charge is 0.481 e. The molecule has 0 aliphatic carbocycles. The number of unbranched alkanes of at least 4 members (excludes halogenated alkanes) is 1. The van der Waals surface area contributed by atoms with Crippen molar-refractivity contribution >= 4 is 11.9 Å². The average Bonchev–Trinajstić information content (AvgIpc) is 2.78. The van der Waals surface area contributed by atoms with E-state index in [4.69, 9.17) is 15.9 Å². The van der Waals surface area contributed by atoms with Gasteiger partial charge in [0.2, 0.25) is 0 Å². The molecule has 1 aromatic heterocycles. The zero-order chi connectivity index (χ0) is 13.8. The molecule has 0 spiro atoms. The Morgan fingerprint density at radius 1 is 1.22 bits per heavy atom. The molecular formula is C11H19N3O4. The van der Waals surface area contributed by atoms with Gasteiger partial charge in [0.1, 0.15) is 0 Å². The number of hydrogen-bond acceptors (Lipinski definition) is 4. The highest BCUT2D eigenvalue weighted by Gasteiger charge is 1.99. The molecule has 0 saturated carbocycles. The van der Waals surface area contributed by atoms with Gasteiger partial charge < -0.3 is 20.9 Å². The number of imidazole rings is 1. The van der Waals surface area contributed by atoms with Crippen molar-refractivity contribution < 1.29 is 19.8 Å². The molecule has 0 aliphatic rings. The minimum absolute atomic E-state index is 0.0628. The van der Waals surface area contributed by atoms with Gasteiger partial charge in [0, 0.05) is 25.5 Å². The van der Waals surface area contributed by atoms with Gasteiger partial charge in [-0.2, -0.15) is 0 Å². The third kappa shape index (κ3) is 10.6. The molecule has 1 heterocycles. The number of nitrogens with zero attached hydrogens (tertiary/aromatic N) is 1. The molecule has 5 N–H and O–H groups in total. The predicted octanol–water partition coefficient (Wildman–Crippen LogP) is 0.627. The maximum absolute atomic E-state index is 9.90. The van der Waals surface area contributed by atoms with Gasteiger partial charge in [-0.15, -0.1) is 0 Å². The molecule has 18 heavy (non-hydrogen) atoms. The number of H-pyrrole nitrogens is 1. The molecule has 1 rings (SSSR count). The number of aliphatic carboxylic acids is 2. The molecule has 0 aromatic carbocycles. The van der Waals surface area contributed by atoms with Crippen molar-refractivity contribution in [1.29, 1.82) is 0 Å². The standard InChI is InChI=1S/C6H10O4.C5H9N3/c7-5(8)3-1-2-4-6(9)10;6-2-1-5-3-7-4-8-5/h1-4H2,(H,7,8)(H,9,10);3-4H,1-2,6H2,(H,7,8). The summed E-state index contributed by atoms with van der Waals surface area (Å²) in [5.74, 6) is -1.74. The second-order valence-corrected chi connectivity index (χ2v) is 3.59. The summed E-state index contributed by atoms with van der Waals surface area (Å²) in [6.07, 6.45) is 5.39. The number of aromatic amines is 1. The molecule has 0 radical (unpaired) electrons. The zero-order valence-corrected chi connectivity index (χ0v) is 10.1. The molecule has 0 amide bonds. The topological polar surface area (TPSA) is 129 Å². The molecule has 0 atom stereocenters. The summed E-state index contributed by atoms with van der Waals surface area (Å²) >= 11 is 0. The molecular weight excluding hydrogens is 238 g/mol. The highest BCUT2D eigenvalue weighted by molar-refractivity contribution is 5.67. The minimum Gasteiger partial charge on any atom is -0.481 e. The Morgan fingerprint density at radius 2 is 1.78 bits per heavy atom. The van der Waals surface area contributed by atoms with E-state index in [1.54, 1.807) is 6.33 Å². The number of rotatable bonds is 7. The summed E-state index contributed by atoms with van der Waals surface area (Å²) in [6.45, 7) is 0.671. The van der Waals surface area contributed by atoms with E-state index < -0.39 is 11.9 Å².